The number of carbonyl (C=O) groups is 5. The Morgan fingerprint density at radius 2 is 1.42 bits per heavy atom. The van der Waals surface area contributed by atoms with Crippen molar-refractivity contribution in [3.05, 3.63) is 29.8 Å². The number of aliphatic carboxylic acids is 1. The van der Waals surface area contributed by atoms with E-state index in [1.54, 1.807) is 0 Å². The number of benzene rings is 1. The van der Waals surface area contributed by atoms with Crippen molar-refractivity contribution >= 4 is 29.6 Å². The number of unbranched alkanes of at least 4 members (excludes halogenated alkanes) is 1. The summed E-state index contributed by atoms with van der Waals surface area (Å²) in [5.74, 6) is -4.46. The third kappa shape index (κ3) is 12.0. The summed E-state index contributed by atoms with van der Waals surface area (Å²) >= 11 is 0. The van der Waals surface area contributed by atoms with Gasteiger partial charge in [-0.25, -0.2) is 4.79 Å². The number of carboxylic acid groups (broad SMARTS) is 1. The van der Waals surface area contributed by atoms with Crippen LogP contribution in [-0.4, -0.2) is 70.5 Å². The second kappa shape index (κ2) is 16.2. The highest BCUT2D eigenvalue weighted by atomic mass is 16.4. The summed E-state index contributed by atoms with van der Waals surface area (Å²) in [7, 11) is 0. The van der Waals surface area contributed by atoms with Crippen LogP contribution in [0.1, 0.15) is 51.5 Å². The molecule has 0 spiro atoms. The Bertz CT molecular complexity index is 954. The lowest BCUT2D eigenvalue weighted by Crippen LogP contribution is -2.58. The first kappa shape index (κ1) is 32.3. The number of carboxylic acids is 1. The number of nitrogens with one attached hydrogen (secondary N) is 3. The zero-order valence-corrected chi connectivity index (χ0v) is 21.8. The first-order valence-electron chi connectivity index (χ1n) is 12.5. The number of hydrogen-bond donors (Lipinski definition) is 8. The molecule has 0 aromatic heterocycles. The number of phenolic OH excluding ortho intramolecular Hbond substituents is 1. The summed E-state index contributed by atoms with van der Waals surface area (Å²) in [6.07, 6.45) is 1.28. The fraction of sp³-hybridized carbons (Fsp3) is 0.560. The molecule has 0 aliphatic carbocycles. The number of hydrogen-bond acceptors (Lipinski definition) is 8. The molecule has 1 rings (SSSR count). The predicted molar refractivity (Wildman–Crippen MR) is 139 cm³/mol. The molecule has 4 atom stereocenters. The van der Waals surface area contributed by atoms with Gasteiger partial charge < -0.3 is 43.4 Å². The maximum absolute atomic E-state index is 13.3. The van der Waals surface area contributed by atoms with Gasteiger partial charge in [0, 0.05) is 6.42 Å². The minimum Gasteiger partial charge on any atom is -0.508 e. The van der Waals surface area contributed by atoms with Gasteiger partial charge in [-0.15, -0.1) is 0 Å². The number of carbonyl (C=O) groups excluding carboxylic acids is 4. The van der Waals surface area contributed by atoms with E-state index in [1.165, 1.54) is 24.3 Å². The number of phenols is 1. The third-order valence-corrected chi connectivity index (χ3v) is 5.68. The number of rotatable bonds is 17. The topological polar surface area (TPSA) is 240 Å². The Morgan fingerprint density at radius 1 is 0.868 bits per heavy atom. The van der Waals surface area contributed by atoms with E-state index in [4.69, 9.17) is 17.2 Å². The molecular weight excluding hydrogens is 496 g/mol. The molecule has 0 aliphatic heterocycles. The van der Waals surface area contributed by atoms with Crippen molar-refractivity contribution in [1.82, 2.24) is 16.0 Å². The van der Waals surface area contributed by atoms with E-state index in [-0.39, 0.29) is 24.5 Å². The van der Waals surface area contributed by atoms with Gasteiger partial charge in [0.25, 0.3) is 0 Å². The van der Waals surface area contributed by atoms with Gasteiger partial charge in [-0.1, -0.05) is 32.4 Å². The molecule has 0 aliphatic rings. The van der Waals surface area contributed by atoms with Gasteiger partial charge in [0.15, 0.2) is 0 Å². The quantitative estimate of drug-likeness (QED) is 0.112. The summed E-state index contributed by atoms with van der Waals surface area (Å²) in [5.41, 5.74) is 17.1. The van der Waals surface area contributed by atoms with E-state index in [9.17, 15) is 34.2 Å². The van der Waals surface area contributed by atoms with Crippen molar-refractivity contribution in [2.24, 2.45) is 23.1 Å². The van der Waals surface area contributed by atoms with Gasteiger partial charge in [-0.05, 0) is 49.4 Å². The standard InChI is InChI=1S/C25H40N6O7/c1-14(2)11-18(29-22(34)17(27)5-3-4-10-26)23(35)30-19(12-15-6-8-16(32)9-7-15)24(36)31-20(25(37)38)13-21(28)33/h6-9,14,17-20,32H,3-5,10-13,26-27H2,1-2H3,(H2,28,33)(H,29,34)(H,30,35)(H,31,36)(H,37,38). The van der Waals surface area contributed by atoms with E-state index in [0.717, 1.165) is 0 Å². The third-order valence-electron chi connectivity index (χ3n) is 5.68. The van der Waals surface area contributed by atoms with Crippen molar-refractivity contribution in [3.63, 3.8) is 0 Å². The van der Waals surface area contributed by atoms with Crippen LogP contribution in [0.4, 0.5) is 0 Å². The molecule has 0 radical (unpaired) electrons. The minimum atomic E-state index is -1.60. The van der Waals surface area contributed by atoms with Crippen molar-refractivity contribution in [2.45, 2.75) is 76.5 Å². The summed E-state index contributed by atoms with van der Waals surface area (Å²) in [5, 5.41) is 26.4. The number of aromatic hydroxyl groups is 1. The highest BCUT2D eigenvalue weighted by molar-refractivity contribution is 5.95. The highest BCUT2D eigenvalue weighted by Crippen LogP contribution is 2.13. The van der Waals surface area contributed by atoms with Gasteiger partial charge in [-0.2, -0.15) is 0 Å². The molecule has 1 aromatic rings. The van der Waals surface area contributed by atoms with Crippen LogP contribution in [0, 0.1) is 5.92 Å². The molecule has 0 saturated carbocycles. The number of nitrogens with two attached hydrogens (primary N) is 3. The van der Waals surface area contributed by atoms with Crippen LogP contribution >= 0.6 is 0 Å². The van der Waals surface area contributed by atoms with Gasteiger partial charge in [0.05, 0.1) is 12.5 Å². The molecule has 4 unspecified atom stereocenters. The highest BCUT2D eigenvalue weighted by Gasteiger charge is 2.31. The summed E-state index contributed by atoms with van der Waals surface area (Å²) < 4.78 is 0. The van der Waals surface area contributed by atoms with E-state index >= 15 is 0 Å². The molecular formula is C25H40N6O7. The minimum absolute atomic E-state index is 0.00385. The molecule has 0 saturated heterocycles. The van der Waals surface area contributed by atoms with Crippen LogP contribution in [0.3, 0.4) is 0 Å². The van der Waals surface area contributed by atoms with Crippen LogP contribution in [0.5, 0.6) is 5.75 Å². The van der Waals surface area contributed by atoms with Crippen LogP contribution in [-0.2, 0) is 30.4 Å². The van der Waals surface area contributed by atoms with Crippen LogP contribution in [0.2, 0.25) is 0 Å². The largest absolute Gasteiger partial charge is 0.508 e. The second-order valence-corrected chi connectivity index (χ2v) is 9.58. The fourth-order valence-corrected chi connectivity index (χ4v) is 3.64. The maximum Gasteiger partial charge on any atom is 0.326 e. The Morgan fingerprint density at radius 3 is 1.95 bits per heavy atom. The Balaban J connectivity index is 3.12. The monoisotopic (exact) mass is 536 g/mol. The van der Waals surface area contributed by atoms with Gasteiger partial charge in [-0.3, -0.25) is 19.2 Å². The van der Waals surface area contributed by atoms with Gasteiger partial charge in [0.1, 0.15) is 23.9 Å². The molecule has 0 fully saturated rings. The molecule has 212 valence electrons. The number of primary amides is 1. The average molecular weight is 537 g/mol. The molecule has 13 heteroatoms. The SMILES string of the molecule is CC(C)CC(NC(=O)C(N)CCCCN)C(=O)NC(Cc1ccc(O)cc1)C(=O)NC(CC(N)=O)C(=O)O. The van der Waals surface area contributed by atoms with E-state index in [1.807, 2.05) is 13.8 Å². The van der Waals surface area contributed by atoms with Crippen LogP contribution in [0.25, 0.3) is 0 Å². The zero-order chi connectivity index (χ0) is 28.8. The molecule has 11 N–H and O–H groups in total. The lowest BCUT2D eigenvalue weighted by molar-refractivity contribution is -0.143. The van der Waals surface area contributed by atoms with Crippen molar-refractivity contribution in [2.75, 3.05) is 6.54 Å². The van der Waals surface area contributed by atoms with E-state index in [0.29, 0.717) is 31.4 Å². The van der Waals surface area contributed by atoms with Crippen molar-refractivity contribution in [1.29, 1.82) is 0 Å². The van der Waals surface area contributed by atoms with Crippen molar-refractivity contribution < 1.29 is 34.2 Å². The first-order chi connectivity index (χ1) is 17.8. The molecule has 38 heavy (non-hydrogen) atoms. The Kier molecular flexibility index (Phi) is 13.8. The average Bonchev–Trinajstić information content (AvgIpc) is 2.83. The summed E-state index contributed by atoms with van der Waals surface area (Å²) in [6.45, 7) is 4.18. The lowest BCUT2D eigenvalue weighted by Gasteiger charge is -2.26. The van der Waals surface area contributed by atoms with Crippen LogP contribution < -0.4 is 33.2 Å². The van der Waals surface area contributed by atoms with Gasteiger partial charge in [0.2, 0.25) is 23.6 Å². The molecule has 0 heterocycles. The Labute approximate surface area is 221 Å². The summed E-state index contributed by atoms with van der Waals surface area (Å²) in [6, 6.07) is 1.13. The van der Waals surface area contributed by atoms with Gasteiger partial charge >= 0.3 is 5.97 Å². The van der Waals surface area contributed by atoms with E-state index < -0.39 is 60.2 Å². The maximum atomic E-state index is 13.3. The second-order valence-electron chi connectivity index (χ2n) is 9.58. The normalized spacial score (nSPS) is 14.1. The molecule has 13 nitrogen and oxygen atoms in total. The molecule has 0 bridgehead atoms. The van der Waals surface area contributed by atoms with Crippen molar-refractivity contribution in [3.8, 4) is 5.75 Å². The molecule has 4 amide bonds. The Hall–Kier alpha value is -3.71. The first-order valence-corrected chi connectivity index (χ1v) is 12.5. The lowest BCUT2D eigenvalue weighted by atomic mass is 10.00. The number of amides is 4. The predicted octanol–water partition coefficient (Wildman–Crippen LogP) is -1.15. The fourth-order valence-electron chi connectivity index (χ4n) is 3.64. The zero-order valence-electron chi connectivity index (χ0n) is 21.8. The summed E-state index contributed by atoms with van der Waals surface area (Å²) in [4.78, 5) is 61.7. The van der Waals surface area contributed by atoms with E-state index in [2.05, 4.69) is 16.0 Å². The van der Waals surface area contributed by atoms with Crippen LogP contribution in [0.15, 0.2) is 24.3 Å². The molecule has 1 aromatic carbocycles. The smallest absolute Gasteiger partial charge is 0.326 e.